The van der Waals surface area contributed by atoms with Gasteiger partial charge in [0.25, 0.3) is 5.69 Å². The number of primary amides is 1. The van der Waals surface area contributed by atoms with Crippen LogP contribution in [0.1, 0.15) is 15.9 Å². The molecule has 7 nitrogen and oxygen atoms in total. The molecule has 0 saturated heterocycles. The van der Waals surface area contributed by atoms with Gasteiger partial charge in [-0.2, -0.15) is 0 Å². The molecule has 2 amide bonds. The Morgan fingerprint density at radius 1 is 1.28 bits per heavy atom. The molecule has 0 aliphatic heterocycles. The number of nitrogens with zero attached hydrogens (tertiary/aromatic N) is 1. The Morgan fingerprint density at radius 3 is 2.64 bits per heavy atom. The minimum atomic E-state index is -0.779. The van der Waals surface area contributed by atoms with E-state index in [1.54, 1.807) is 6.92 Å². The van der Waals surface area contributed by atoms with Crippen molar-refractivity contribution in [3.63, 3.8) is 0 Å². The molecule has 130 valence electrons. The minimum Gasteiger partial charge on any atom is -0.366 e. The van der Waals surface area contributed by atoms with Crippen molar-refractivity contribution in [1.29, 1.82) is 0 Å². The predicted octanol–water partition coefficient (Wildman–Crippen LogP) is 2.87. The first kappa shape index (κ1) is 18.4. The van der Waals surface area contributed by atoms with Crippen molar-refractivity contribution in [2.24, 2.45) is 5.73 Å². The first-order valence-electron chi connectivity index (χ1n) is 7.05. The third-order valence-corrected chi connectivity index (χ3v) is 4.34. The quantitative estimate of drug-likeness (QED) is 0.465. The number of anilines is 1. The number of carbonyl (C=O) groups excluding carboxylic acids is 2. The first-order valence-corrected chi connectivity index (χ1v) is 8.03. The third-order valence-electron chi connectivity index (χ3n) is 3.27. The smallest absolute Gasteiger partial charge is 0.283 e. The van der Waals surface area contributed by atoms with Gasteiger partial charge in [-0.3, -0.25) is 19.7 Å². The molecule has 0 unspecified atom stereocenters. The summed E-state index contributed by atoms with van der Waals surface area (Å²) in [5.41, 5.74) is 5.83. The maximum absolute atomic E-state index is 13.2. The lowest BCUT2D eigenvalue weighted by atomic mass is 10.2. The lowest BCUT2D eigenvalue weighted by molar-refractivity contribution is -0.387. The van der Waals surface area contributed by atoms with Gasteiger partial charge in [0.2, 0.25) is 11.8 Å². The second kappa shape index (κ2) is 7.75. The average molecular weight is 363 g/mol. The Kier molecular flexibility index (Phi) is 5.71. The van der Waals surface area contributed by atoms with Gasteiger partial charge in [0.05, 0.1) is 15.6 Å². The van der Waals surface area contributed by atoms with Crippen LogP contribution in [0.2, 0.25) is 0 Å². The maximum atomic E-state index is 13.2. The molecule has 0 aromatic heterocycles. The number of benzene rings is 2. The minimum absolute atomic E-state index is 0.0101. The van der Waals surface area contributed by atoms with E-state index in [-0.39, 0.29) is 21.9 Å². The van der Waals surface area contributed by atoms with Gasteiger partial charge in [0.1, 0.15) is 5.82 Å². The molecule has 0 aliphatic rings. The number of rotatable bonds is 6. The number of thioether (sulfide) groups is 1. The van der Waals surface area contributed by atoms with Gasteiger partial charge in [0, 0.05) is 17.3 Å². The van der Waals surface area contributed by atoms with E-state index in [1.165, 1.54) is 30.3 Å². The van der Waals surface area contributed by atoms with Crippen LogP contribution in [0.5, 0.6) is 0 Å². The molecule has 3 N–H and O–H groups in total. The van der Waals surface area contributed by atoms with Crippen LogP contribution >= 0.6 is 11.8 Å². The van der Waals surface area contributed by atoms with Crippen molar-refractivity contribution in [3.05, 3.63) is 63.5 Å². The number of nitro benzene ring substituents is 1. The van der Waals surface area contributed by atoms with Crippen molar-refractivity contribution in [3.8, 4) is 0 Å². The molecule has 2 aromatic rings. The van der Waals surface area contributed by atoms with Gasteiger partial charge in [-0.1, -0.05) is 6.07 Å². The number of nitro groups is 1. The zero-order valence-corrected chi connectivity index (χ0v) is 13.9. The third kappa shape index (κ3) is 4.77. The Bertz CT molecular complexity index is 857. The molecule has 25 heavy (non-hydrogen) atoms. The highest BCUT2D eigenvalue weighted by molar-refractivity contribution is 8.00. The fraction of sp³-hybridized carbons (Fsp3) is 0.125. The van der Waals surface area contributed by atoms with Crippen molar-refractivity contribution < 1.29 is 18.9 Å². The van der Waals surface area contributed by atoms with E-state index >= 15 is 0 Å². The fourth-order valence-corrected chi connectivity index (χ4v) is 2.80. The van der Waals surface area contributed by atoms with E-state index < -0.39 is 22.6 Å². The summed E-state index contributed by atoms with van der Waals surface area (Å²) in [5.74, 6) is -1.82. The SMILES string of the molecule is Cc1ccc(F)cc1NC(=O)CSc1ccc(C(N)=O)cc1[N+](=O)[O-]. The molecular weight excluding hydrogens is 349 g/mol. The summed E-state index contributed by atoms with van der Waals surface area (Å²) in [6.45, 7) is 1.72. The highest BCUT2D eigenvalue weighted by atomic mass is 32.2. The average Bonchev–Trinajstić information content (AvgIpc) is 2.56. The maximum Gasteiger partial charge on any atom is 0.283 e. The van der Waals surface area contributed by atoms with Crippen LogP contribution in [-0.2, 0) is 4.79 Å². The van der Waals surface area contributed by atoms with Crippen LogP contribution in [0.15, 0.2) is 41.3 Å². The number of hydrogen-bond donors (Lipinski definition) is 2. The van der Waals surface area contributed by atoms with Crippen LogP contribution in [0.3, 0.4) is 0 Å². The molecular formula is C16H14FN3O4S. The predicted molar refractivity (Wildman–Crippen MR) is 92.1 cm³/mol. The first-order chi connectivity index (χ1) is 11.8. The Hall–Kier alpha value is -2.94. The second-order valence-corrected chi connectivity index (χ2v) is 6.12. The van der Waals surface area contributed by atoms with E-state index in [0.717, 1.165) is 17.8 Å². The van der Waals surface area contributed by atoms with Crippen LogP contribution in [-0.4, -0.2) is 22.5 Å². The monoisotopic (exact) mass is 363 g/mol. The summed E-state index contributed by atoms with van der Waals surface area (Å²) in [4.78, 5) is 33.8. The van der Waals surface area contributed by atoms with E-state index in [9.17, 15) is 24.1 Å². The zero-order chi connectivity index (χ0) is 18.6. The van der Waals surface area contributed by atoms with Gasteiger partial charge >= 0.3 is 0 Å². The van der Waals surface area contributed by atoms with E-state index in [0.29, 0.717) is 11.3 Å². The van der Waals surface area contributed by atoms with Crippen molar-refractivity contribution >= 4 is 35.0 Å². The molecule has 0 aliphatic carbocycles. The Labute approximate surface area is 146 Å². The van der Waals surface area contributed by atoms with Crippen LogP contribution in [0, 0.1) is 22.9 Å². The highest BCUT2D eigenvalue weighted by Gasteiger charge is 2.18. The fourth-order valence-electron chi connectivity index (χ4n) is 1.99. The number of hydrogen-bond acceptors (Lipinski definition) is 5. The van der Waals surface area contributed by atoms with E-state index in [4.69, 9.17) is 5.73 Å². The lowest BCUT2D eigenvalue weighted by Crippen LogP contribution is -2.15. The Balaban J connectivity index is 2.10. The van der Waals surface area contributed by atoms with Crippen molar-refractivity contribution in [1.82, 2.24) is 0 Å². The normalized spacial score (nSPS) is 10.3. The summed E-state index contributed by atoms with van der Waals surface area (Å²) in [7, 11) is 0. The largest absolute Gasteiger partial charge is 0.366 e. The topological polar surface area (TPSA) is 115 Å². The number of carbonyl (C=O) groups is 2. The van der Waals surface area contributed by atoms with Crippen LogP contribution in [0.25, 0.3) is 0 Å². The molecule has 0 saturated carbocycles. The molecule has 0 fully saturated rings. The molecule has 9 heteroatoms. The van der Waals surface area contributed by atoms with E-state index in [2.05, 4.69) is 5.32 Å². The summed E-state index contributed by atoms with van der Waals surface area (Å²) in [6.07, 6.45) is 0. The zero-order valence-electron chi connectivity index (χ0n) is 13.1. The molecule has 2 aromatic carbocycles. The molecule has 0 radical (unpaired) electrons. The van der Waals surface area contributed by atoms with Gasteiger partial charge in [0.15, 0.2) is 0 Å². The molecule has 0 heterocycles. The van der Waals surface area contributed by atoms with Gasteiger partial charge in [-0.05, 0) is 36.8 Å². The number of nitrogens with two attached hydrogens (primary N) is 1. The number of aryl methyl sites for hydroxylation is 1. The molecule has 2 rings (SSSR count). The Morgan fingerprint density at radius 2 is 2.00 bits per heavy atom. The van der Waals surface area contributed by atoms with Crippen LogP contribution < -0.4 is 11.1 Å². The van der Waals surface area contributed by atoms with Crippen molar-refractivity contribution in [2.45, 2.75) is 11.8 Å². The highest BCUT2D eigenvalue weighted by Crippen LogP contribution is 2.30. The number of halogens is 1. The van der Waals surface area contributed by atoms with Gasteiger partial charge < -0.3 is 11.1 Å². The van der Waals surface area contributed by atoms with Gasteiger partial charge in [-0.25, -0.2) is 4.39 Å². The molecule has 0 spiro atoms. The second-order valence-electron chi connectivity index (χ2n) is 5.10. The number of nitrogens with one attached hydrogen (secondary N) is 1. The van der Waals surface area contributed by atoms with Crippen molar-refractivity contribution in [2.75, 3.05) is 11.1 Å². The molecule has 0 atom stereocenters. The van der Waals surface area contributed by atoms with Crippen LogP contribution in [0.4, 0.5) is 15.8 Å². The molecule has 0 bridgehead atoms. The summed E-state index contributed by atoms with van der Waals surface area (Å²) in [5, 5.41) is 13.7. The standard InChI is InChI=1S/C16H14FN3O4S/c1-9-2-4-11(17)7-12(9)19-15(21)8-25-14-5-3-10(16(18)22)6-13(14)20(23)24/h2-7H,8H2,1H3,(H2,18,22)(H,19,21). The van der Waals surface area contributed by atoms with Gasteiger partial charge in [-0.15, -0.1) is 11.8 Å². The summed E-state index contributed by atoms with van der Waals surface area (Å²) in [6, 6.07) is 7.80. The number of amides is 2. The van der Waals surface area contributed by atoms with E-state index in [1.807, 2.05) is 0 Å². The lowest BCUT2D eigenvalue weighted by Gasteiger charge is -2.09. The summed E-state index contributed by atoms with van der Waals surface area (Å²) < 4.78 is 13.2. The summed E-state index contributed by atoms with van der Waals surface area (Å²) >= 11 is 0.934.